The minimum atomic E-state index is -1.07. The maximum atomic E-state index is 12.6. The number of carbonyl (C=O) groups is 1. The van der Waals surface area contributed by atoms with Gasteiger partial charge in [-0.3, -0.25) is 0 Å². The van der Waals surface area contributed by atoms with Gasteiger partial charge in [-0.25, -0.2) is 4.79 Å². The number of carbonyl (C=O) groups excluding carboxylic acids is 1. The molecule has 1 aliphatic rings. The fourth-order valence-corrected chi connectivity index (χ4v) is 3.52. The summed E-state index contributed by atoms with van der Waals surface area (Å²) in [6, 6.07) is 11.8. The number of allylic oxidation sites excluding steroid dienone is 2. The predicted octanol–water partition coefficient (Wildman–Crippen LogP) is 3.62. The fourth-order valence-electron chi connectivity index (χ4n) is 3.12. The second-order valence-electron chi connectivity index (χ2n) is 5.63. The molecule has 0 fully saturated rings. The first kappa shape index (κ1) is 17.9. The van der Waals surface area contributed by atoms with Crippen LogP contribution in [0.5, 0.6) is 0 Å². The maximum absolute atomic E-state index is 12.6. The SMILES string of the molecule is C=CCC1(C#N)C(=S)NC(C)=C(C(=O)OCC)C1c1ccccc1. The van der Waals surface area contributed by atoms with E-state index in [-0.39, 0.29) is 6.61 Å². The largest absolute Gasteiger partial charge is 0.463 e. The second-order valence-corrected chi connectivity index (χ2v) is 6.04. The highest BCUT2D eigenvalue weighted by Crippen LogP contribution is 2.48. The van der Waals surface area contributed by atoms with Crippen LogP contribution in [0, 0.1) is 16.7 Å². The van der Waals surface area contributed by atoms with Crippen molar-refractivity contribution in [1.82, 2.24) is 5.32 Å². The first-order valence-corrected chi connectivity index (χ1v) is 8.19. The lowest BCUT2D eigenvalue weighted by atomic mass is 9.65. The number of hydrogen-bond donors (Lipinski definition) is 1. The molecule has 124 valence electrons. The molecule has 5 heteroatoms. The lowest BCUT2D eigenvalue weighted by molar-refractivity contribution is -0.139. The van der Waals surface area contributed by atoms with Gasteiger partial charge in [-0.05, 0) is 25.8 Å². The van der Waals surface area contributed by atoms with Gasteiger partial charge in [0.05, 0.1) is 18.2 Å². The van der Waals surface area contributed by atoms with E-state index in [2.05, 4.69) is 18.0 Å². The predicted molar refractivity (Wildman–Crippen MR) is 97.1 cm³/mol. The topological polar surface area (TPSA) is 62.1 Å². The van der Waals surface area contributed by atoms with Gasteiger partial charge in [-0.1, -0.05) is 48.6 Å². The van der Waals surface area contributed by atoms with E-state index >= 15 is 0 Å². The molecule has 1 aliphatic heterocycles. The Morgan fingerprint density at radius 3 is 2.71 bits per heavy atom. The van der Waals surface area contributed by atoms with Crippen LogP contribution in [-0.4, -0.2) is 17.6 Å². The second kappa shape index (κ2) is 7.41. The van der Waals surface area contributed by atoms with E-state index in [4.69, 9.17) is 17.0 Å². The molecule has 2 rings (SSSR count). The molecule has 1 aromatic carbocycles. The minimum absolute atomic E-state index is 0.266. The van der Waals surface area contributed by atoms with Crippen molar-refractivity contribution in [2.75, 3.05) is 6.61 Å². The van der Waals surface area contributed by atoms with Gasteiger partial charge in [0, 0.05) is 11.6 Å². The van der Waals surface area contributed by atoms with E-state index in [0.29, 0.717) is 22.7 Å². The van der Waals surface area contributed by atoms with Gasteiger partial charge in [-0.15, -0.1) is 6.58 Å². The monoisotopic (exact) mass is 340 g/mol. The zero-order valence-electron chi connectivity index (χ0n) is 13.8. The summed E-state index contributed by atoms with van der Waals surface area (Å²) >= 11 is 5.49. The Labute approximate surface area is 147 Å². The molecular weight excluding hydrogens is 320 g/mol. The van der Waals surface area contributed by atoms with Crippen molar-refractivity contribution in [1.29, 1.82) is 5.26 Å². The number of hydrogen-bond acceptors (Lipinski definition) is 4. The molecule has 0 saturated heterocycles. The molecule has 0 saturated carbocycles. The van der Waals surface area contributed by atoms with E-state index in [9.17, 15) is 10.1 Å². The quantitative estimate of drug-likeness (QED) is 0.504. The zero-order chi connectivity index (χ0) is 17.7. The van der Waals surface area contributed by atoms with Crippen molar-refractivity contribution in [2.24, 2.45) is 5.41 Å². The van der Waals surface area contributed by atoms with E-state index < -0.39 is 17.3 Å². The maximum Gasteiger partial charge on any atom is 0.336 e. The summed E-state index contributed by atoms with van der Waals surface area (Å²) in [5, 5.41) is 13.0. The van der Waals surface area contributed by atoms with Crippen LogP contribution in [0.25, 0.3) is 0 Å². The van der Waals surface area contributed by atoms with Crippen molar-refractivity contribution < 1.29 is 9.53 Å². The summed E-state index contributed by atoms with van der Waals surface area (Å²) in [5.74, 6) is -0.933. The highest BCUT2D eigenvalue weighted by Gasteiger charge is 2.50. The Morgan fingerprint density at radius 2 is 2.17 bits per heavy atom. The molecule has 0 amide bonds. The Balaban J connectivity index is 2.73. The van der Waals surface area contributed by atoms with Gasteiger partial charge in [0.2, 0.25) is 0 Å². The molecule has 0 aliphatic carbocycles. The van der Waals surface area contributed by atoms with Crippen molar-refractivity contribution in [3.05, 3.63) is 59.8 Å². The Morgan fingerprint density at radius 1 is 1.50 bits per heavy atom. The molecule has 0 bridgehead atoms. The zero-order valence-corrected chi connectivity index (χ0v) is 14.7. The van der Waals surface area contributed by atoms with Gasteiger partial charge in [-0.2, -0.15) is 5.26 Å². The van der Waals surface area contributed by atoms with Gasteiger partial charge in [0.25, 0.3) is 0 Å². The molecule has 1 heterocycles. The Hall–Kier alpha value is -2.45. The van der Waals surface area contributed by atoms with E-state index in [0.717, 1.165) is 5.56 Å². The normalized spacial score (nSPS) is 23.2. The highest BCUT2D eigenvalue weighted by atomic mass is 32.1. The third-order valence-electron chi connectivity index (χ3n) is 4.19. The molecule has 24 heavy (non-hydrogen) atoms. The van der Waals surface area contributed by atoms with Gasteiger partial charge >= 0.3 is 5.97 Å². The summed E-state index contributed by atoms with van der Waals surface area (Å²) in [6.07, 6.45) is 2.00. The first-order valence-electron chi connectivity index (χ1n) is 7.78. The number of ether oxygens (including phenoxy) is 1. The number of nitrogens with zero attached hydrogens (tertiary/aromatic N) is 1. The van der Waals surface area contributed by atoms with Gasteiger partial charge < -0.3 is 10.1 Å². The van der Waals surface area contributed by atoms with Crippen LogP contribution in [0.15, 0.2) is 54.3 Å². The van der Waals surface area contributed by atoms with E-state index in [1.54, 1.807) is 19.9 Å². The molecule has 0 aromatic heterocycles. The molecule has 2 atom stereocenters. The van der Waals surface area contributed by atoms with Crippen LogP contribution in [0.2, 0.25) is 0 Å². The molecule has 0 radical (unpaired) electrons. The number of nitrogens with one attached hydrogen (secondary N) is 1. The smallest absolute Gasteiger partial charge is 0.336 e. The molecule has 1 N–H and O–H groups in total. The highest BCUT2D eigenvalue weighted by molar-refractivity contribution is 7.80. The molecule has 1 aromatic rings. The van der Waals surface area contributed by atoms with Crippen molar-refractivity contribution >= 4 is 23.2 Å². The Kier molecular flexibility index (Phi) is 5.53. The third kappa shape index (κ3) is 2.98. The van der Waals surface area contributed by atoms with Crippen LogP contribution in [-0.2, 0) is 9.53 Å². The molecule has 4 nitrogen and oxygen atoms in total. The molecule has 2 unspecified atom stereocenters. The number of benzene rings is 1. The van der Waals surface area contributed by atoms with E-state index in [1.165, 1.54) is 0 Å². The summed E-state index contributed by atoms with van der Waals surface area (Å²) in [4.78, 5) is 13.0. The van der Waals surface area contributed by atoms with Crippen LogP contribution >= 0.6 is 12.2 Å². The minimum Gasteiger partial charge on any atom is -0.463 e. The summed E-state index contributed by atoms with van der Waals surface area (Å²) in [5.41, 5.74) is 0.856. The van der Waals surface area contributed by atoms with Crippen molar-refractivity contribution in [3.8, 4) is 6.07 Å². The van der Waals surface area contributed by atoms with Crippen LogP contribution in [0.1, 0.15) is 31.7 Å². The average molecular weight is 340 g/mol. The number of thiocarbonyl (C=S) groups is 1. The molecular formula is C19H20N2O2S. The number of rotatable bonds is 5. The lowest BCUT2D eigenvalue weighted by Crippen LogP contribution is -2.48. The van der Waals surface area contributed by atoms with Crippen LogP contribution in [0.3, 0.4) is 0 Å². The van der Waals surface area contributed by atoms with Crippen molar-refractivity contribution in [3.63, 3.8) is 0 Å². The number of nitriles is 1. The number of esters is 1. The summed E-state index contributed by atoms with van der Waals surface area (Å²) in [6.45, 7) is 7.57. The molecule has 0 spiro atoms. The summed E-state index contributed by atoms with van der Waals surface area (Å²) in [7, 11) is 0. The van der Waals surface area contributed by atoms with Crippen LogP contribution < -0.4 is 5.32 Å². The average Bonchev–Trinajstić information content (AvgIpc) is 2.58. The Bertz CT molecular complexity index is 733. The lowest BCUT2D eigenvalue weighted by Gasteiger charge is -2.41. The fraction of sp³-hybridized carbons (Fsp3) is 0.316. The van der Waals surface area contributed by atoms with E-state index in [1.807, 2.05) is 30.3 Å². The standard InChI is InChI=1S/C19H20N2O2S/c1-4-11-19(12-20)16(14-9-7-6-8-10-14)15(17(22)23-5-2)13(3)21-18(19)24/h4,6-10,16H,1,5,11H2,2-3H3,(H,21,24). The van der Waals surface area contributed by atoms with Crippen LogP contribution in [0.4, 0.5) is 0 Å². The summed E-state index contributed by atoms with van der Waals surface area (Å²) < 4.78 is 5.24. The first-order chi connectivity index (χ1) is 11.5. The van der Waals surface area contributed by atoms with Gasteiger partial charge in [0.15, 0.2) is 0 Å². The van der Waals surface area contributed by atoms with Gasteiger partial charge in [0.1, 0.15) is 10.4 Å². The third-order valence-corrected chi connectivity index (χ3v) is 4.65. The van der Waals surface area contributed by atoms with Crippen molar-refractivity contribution in [2.45, 2.75) is 26.2 Å².